The number of nitrogens with one attached hydrogen (secondary N) is 1. The first-order chi connectivity index (χ1) is 12.8. The van der Waals surface area contributed by atoms with Gasteiger partial charge in [-0.3, -0.25) is 9.10 Å². The van der Waals surface area contributed by atoms with Crippen molar-refractivity contribution in [2.24, 2.45) is 0 Å². The van der Waals surface area contributed by atoms with Gasteiger partial charge in [-0.05, 0) is 60.3 Å². The lowest BCUT2D eigenvalue weighted by Gasteiger charge is -2.35. The summed E-state index contributed by atoms with van der Waals surface area (Å²) in [6, 6.07) is 7.65. The summed E-state index contributed by atoms with van der Waals surface area (Å²) < 4.78 is 26.1. The molecular weight excluding hydrogens is 430 g/mol. The minimum Gasteiger partial charge on any atom is -0.354 e. The molecule has 27 heavy (non-hydrogen) atoms. The normalized spacial score (nSPS) is 18.3. The first kappa shape index (κ1) is 22.2. The maximum absolute atomic E-state index is 12.3. The van der Waals surface area contributed by atoms with E-state index in [2.05, 4.69) is 33.1 Å². The van der Waals surface area contributed by atoms with Crippen molar-refractivity contribution in [3.63, 3.8) is 0 Å². The summed E-state index contributed by atoms with van der Waals surface area (Å²) in [5.41, 5.74) is 0.467. The van der Waals surface area contributed by atoms with E-state index in [9.17, 15) is 13.2 Å². The van der Waals surface area contributed by atoms with Crippen LogP contribution >= 0.6 is 15.9 Å². The highest BCUT2D eigenvalue weighted by molar-refractivity contribution is 9.10. The largest absolute Gasteiger partial charge is 0.354 e. The van der Waals surface area contributed by atoms with Crippen molar-refractivity contribution in [1.82, 2.24) is 10.2 Å². The zero-order valence-electron chi connectivity index (χ0n) is 16.2. The number of piperidine rings is 1. The van der Waals surface area contributed by atoms with E-state index in [0.717, 1.165) is 30.1 Å². The minimum absolute atomic E-state index is 0.219. The number of hydrogen-bond acceptors (Lipinski definition) is 4. The van der Waals surface area contributed by atoms with Crippen LogP contribution in [0.1, 0.15) is 39.0 Å². The van der Waals surface area contributed by atoms with E-state index in [-0.39, 0.29) is 12.5 Å². The van der Waals surface area contributed by atoms with E-state index in [0.29, 0.717) is 22.7 Å². The first-order valence-corrected chi connectivity index (χ1v) is 12.2. The highest BCUT2D eigenvalue weighted by Gasteiger charge is 2.23. The van der Waals surface area contributed by atoms with Gasteiger partial charge < -0.3 is 10.2 Å². The van der Waals surface area contributed by atoms with Crippen LogP contribution in [-0.4, -0.2) is 57.7 Å². The third-order valence-electron chi connectivity index (χ3n) is 4.97. The number of nitrogens with zero attached hydrogens (tertiary/aromatic N) is 2. The lowest BCUT2D eigenvalue weighted by molar-refractivity contribution is -0.119. The molecule has 1 heterocycles. The molecule has 1 fully saturated rings. The predicted octanol–water partition coefficient (Wildman–Crippen LogP) is 2.99. The molecule has 1 aromatic carbocycles. The number of rotatable bonds is 9. The summed E-state index contributed by atoms with van der Waals surface area (Å²) in [6.45, 7) is 4.67. The fourth-order valence-electron chi connectivity index (χ4n) is 3.55. The van der Waals surface area contributed by atoms with Crippen LogP contribution in [-0.2, 0) is 14.8 Å². The van der Waals surface area contributed by atoms with Crippen LogP contribution in [0, 0.1) is 0 Å². The zero-order valence-corrected chi connectivity index (χ0v) is 18.6. The molecular formula is C19H30BrN3O3S. The summed E-state index contributed by atoms with van der Waals surface area (Å²) in [7, 11) is -3.56. The molecule has 1 aliphatic rings. The molecule has 1 N–H and O–H groups in total. The molecule has 0 aliphatic carbocycles. The van der Waals surface area contributed by atoms with E-state index in [1.165, 1.54) is 25.7 Å². The second-order valence-electron chi connectivity index (χ2n) is 7.02. The predicted molar refractivity (Wildman–Crippen MR) is 113 cm³/mol. The van der Waals surface area contributed by atoms with Crippen LogP contribution in [0.3, 0.4) is 0 Å². The Kier molecular flexibility index (Phi) is 8.57. The molecule has 152 valence electrons. The van der Waals surface area contributed by atoms with Crippen molar-refractivity contribution in [1.29, 1.82) is 0 Å². The fourth-order valence-corrected chi connectivity index (χ4v) is 5.03. The summed E-state index contributed by atoms with van der Waals surface area (Å²) >= 11 is 3.36. The van der Waals surface area contributed by atoms with Crippen LogP contribution in [0.15, 0.2) is 28.7 Å². The average molecular weight is 460 g/mol. The van der Waals surface area contributed by atoms with Gasteiger partial charge in [0.05, 0.1) is 11.9 Å². The SMILES string of the molecule is CCC1CCCCN1CCCNC(=O)CN(c1ccccc1Br)S(C)(=O)=O. The standard InChI is InChI=1S/C19H30BrN3O3S/c1-3-16-9-6-7-13-22(16)14-8-12-21-19(24)15-23(27(2,25)26)18-11-5-4-10-17(18)20/h4-5,10-11,16H,3,6-9,12-15H2,1-2H3,(H,21,24). The number of para-hydroxylation sites is 1. The highest BCUT2D eigenvalue weighted by Crippen LogP contribution is 2.27. The molecule has 1 unspecified atom stereocenters. The van der Waals surface area contributed by atoms with E-state index in [1.807, 2.05) is 0 Å². The number of sulfonamides is 1. The van der Waals surface area contributed by atoms with Crippen LogP contribution in [0.5, 0.6) is 0 Å². The Morgan fingerprint density at radius 3 is 2.74 bits per heavy atom. The van der Waals surface area contributed by atoms with Gasteiger partial charge in [-0.2, -0.15) is 0 Å². The van der Waals surface area contributed by atoms with E-state index in [4.69, 9.17) is 0 Å². The van der Waals surface area contributed by atoms with E-state index in [1.54, 1.807) is 24.3 Å². The lowest BCUT2D eigenvalue weighted by Crippen LogP contribution is -2.42. The number of hydrogen-bond donors (Lipinski definition) is 1. The molecule has 0 saturated carbocycles. The number of anilines is 1. The van der Waals surface area contributed by atoms with Gasteiger partial charge in [0.1, 0.15) is 6.54 Å². The molecule has 0 bridgehead atoms. The topological polar surface area (TPSA) is 69.7 Å². The van der Waals surface area contributed by atoms with Gasteiger partial charge in [0.2, 0.25) is 15.9 Å². The van der Waals surface area contributed by atoms with Gasteiger partial charge in [0.15, 0.2) is 0 Å². The summed E-state index contributed by atoms with van der Waals surface area (Å²) in [4.78, 5) is 14.8. The van der Waals surface area contributed by atoms with Crippen LogP contribution in [0.4, 0.5) is 5.69 Å². The molecule has 8 heteroatoms. The number of halogens is 1. The summed E-state index contributed by atoms with van der Waals surface area (Å²) in [6.07, 6.45) is 6.97. The molecule has 0 aromatic heterocycles. The maximum Gasteiger partial charge on any atom is 0.240 e. The van der Waals surface area contributed by atoms with Gasteiger partial charge in [-0.1, -0.05) is 25.5 Å². The molecule has 2 rings (SSSR count). The van der Waals surface area contributed by atoms with Gasteiger partial charge in [0, 0.05) is 23.6 Å². The minimum atomic E-state index is -3.56. The molecule has 1 atom stereocenters. The molecule has 6 nitrogen and oxygen atoms in total. The second-order valence-corrected chi connectivity index (χ2v) is 9.78. The summed E-state index contributed by atoms with van der Waals surface area (Å²) in [5, 5.41) is 2.86. The van der Waals surface area contributed by atoms with Crippen LogP contribution in [0.2, 0.25) is 0 Å². The number of carbonyl (C=O) groups is 1. The molecule has 1 aromatic rings. The maximum atomic E-state index is 12.3. The number of carbonyl (C=O) groups excluding carboxylic acids is 1. The Balaban J connectivity index is 1.85. The first-order valence-electron chi connectivity index (χ1n) is 9.56. The van der Waals surface area contributed by atoms with Crippen molar-refractivity contribution in [3.8, 4) is 0 Å². The zero-order chi connectivity index (χ0) is 19.9. The Morgan fingerprint density at radius 2 is 2.07 bits per heavy atom. The van der Waals surface area contributed by atoms with E-state index < -0.39 is 10.0 Å². The van der Waals surface area contributed by atoms with Gasteiger partial charge >= 0.3 is 0 Å². The Hall–Kier alpha value is -1.12. The third-order valence-corrected chi connectivity index (χ3v) is 6.77. The molecule has 1 aliphatic heterocycles. The van der Waals surface area contributed by atoms with E-state index >= 15 is 0 Å². The van der Waals surface area contributed by atoms with Gasteiger partial charge in [-0.25, -0.2) is 8.42 Å². The number of benzene rings is 1. The molecule has 1 amide bonds. The quantitative estimate of drug-likeness (QED) is 0.576. The smallest absolute Gasteiger partial charge is 0.240 e. The summed E-state index contributed by atoms with van der Waals surface area (Å²) in [5.74, 6) is -0.290. The third kappa shape index (κ3) is 6.76. The highest BCUT2D eigenvalue weighted by atomic mass is 79.9. The van der Waals surface area contributed by atoms with Crippen molar-refractivity contribution >= 4 is 37.5 Å². The van der Waals surface area contributed by atoms with Crippen LogP contribution < -0.4 is 9.62 Å². The lowest BCUT2D eigenvalue weighted by atomic mass is 10.00. The van der Waals surface area contributed by atoms with Crippen molar-refractivity contribution in [2.75, 3.05) is 36.7 Å². The van der Waals surface area contributed by atoms with Crippen LogP contribution in [0.25, 0.3) is 0 Å². The Morgan fingerprint density at radius 1 is 1.33 bits per heavy atom. The van der Waals surface area contributed by atoms with Crippen molar-refractivity contribution < 1.29 is 13.2 Å². The molecule has 1 saturated heterocycles. The molecule has 0 spiro atoms. The van der Waals surface area contributed by atoms with Crippen molar-refractivity contribution in [2.45, 2.75) is 45.1 Å². The number of amides is 1. The number of likely N-dealkylation sites (tertiary alicyclic amines) is 1. The average Bonchev–Trinajstić information content (AvgIpc) is 2.63. The van der Waals surface area contributed by atoms with Gasteiger partial charge in [0.25, 0.3) is 0 Å². The fraction of sp³-hybridized carbons (Fsp3) is 0.632. The Bertz CT molecular complexity index is 727. The molecule has 0 radical (unpaired) electrons. The van der Waals surface area contributed by atoms with Gasteiger partial charge in [-0.15, -0.1) is 0 Å². The van der Waals surface area contributed by atoms with Crippen molar-refractivity contribution in [3.05, 3.63) is 28.7 Å². The second kappa shape index (κ2) is 10.4. The monoisotopic (exact) mass is 459 g/mol. The Labute approximate surface area is 171 Å².